The predicted molar refractivity (Wildman–Crippen MR) is 349 cm³/mol. The van der Waals surface area contributed by atoms with E-state index in [2.05, 4.69) is 276 Å². The lowest BCUT2D eigenvalue weighted by molar-refractivity contribution is 1.28. The molecule has 14 rings (SSSR count). The largest absolute Gasteiger partial charge is 0.320 e. The zero-order chi connectivity index (χ0) is 54.9. The Morgan fingerprint density at radius 1 is 0.289 bits per heavy atom. The third-order valence-electron chi connectivity index (χ3n) is 15.8. The molecule has 0 unspecified atom stereocenters. The third-order valence-corrected chi connectivity index (χ3v) is 15.8. The number of hydrogen-bond donors (Lipinski definition) is 0. The predicted octanol–water partition coefficient (Wildman–Crippen LogP) is 21.6. The highest BCUT2D eigenvalue weighted by Gasteiger charge is 2.26. The molecule has 3 radical (unpaired) electrons. The van der Waals surface area contributed by atoms with Crippen LogP contribution in [0.4, 0.5) is 39.8 Å². The van der Waals surface area contributed by atoms with Gasteiger partial charge in [-0.2, -0.15) is 5.26 Å². The van der Waals surface area contributed by atoms with Gasteiger partial charge >= 0.3 is 0 Å². The Balaban J connectivity index is 0.00000645. The molecule has 14 aromatic rings. The van der Waals surface area contributed by atoms with Gasteiger partial charge in [0, 0.05) is 30.6 Å². The van der Waals surface area contributed by atoms with Gasteiger partial charge in [0.15, 0.2) is 0 Å². The van der Waals surface area contributed by atoms with E-state index in [0.29, 0.717) is 11.3 Å². The highest BCUT2D eigenvalue weighted by atomic mass is 15.2. The molecule has 0 spiro atoms. The molecule has 0 heterocycles. The Kier molecular flexibility index (Phi) is 13.7. The highest BCUT2D eigenvalue weighted by Crippen LogP contribution is 2.51. The van der Waals surface area contributed by atoms with Gasteiger partial charge in [0.05, 0.1) is 34.9 Å². The van der Waals surface area contributed by atoms with E-state index in [-0.39, 0.29) is 8.41 Å². The molecule has 5 heteroatoms. The lowest BCUT2D eigenvalue weighted by Crippen LogP contribution is -2.13. The maximum atomic E-state index is 11.3. The molecule has 0 atom stereocenters. The van der Waals surface area contributed by atoms with Gasteiger partial charge in [-0.25, -0.2) is 4.85 Å². The first-order valence-corrected chi connectivity index (χ1v) is 27.6. The van der Waals surface area contributed by atoms with Crippen LogP contribution in [0.1, 0.15) is 5.56 Å². The lowest BCUT2D eigenvalue weighted by atomic mass is 9.91. The van der Waals surface area contributed by atoms with Crippen LogP contribution in [0.3, 0.4) is 0 Å². The van der Waals surface area contributed by atoms with Crippen molar-refractivity contribution < 1.29 is 0 Å². The number of anilines is 6. The maximum Gasteiger partial charge on any atom is 0.211 e. The van der Waals surface area contributed by atoms with E-state index >= 15 is 0 Å². The molecule has 4 nitrogen and oxygen atoms in total. The van der Waals surface area contributed by atoms with E-state index in [0.717, 1.165) is 133 Å². The smallest absolute Gasteiger partial charge is 0.211 e. The van der Waals surface area contributed by atoms with Crippen LogP contribution in [-0.2, 0) is 0 Å². The molecule has 83 heavy (non-hydrogen) atoms. The van der Waals surface area contributed by atoms with Crippen molar-refractivity contribution in [2.45, 2.75) is 0 Å². The molecule has 385 valence electrons. The van der Waals surface area contributed by atoms with Gasteiger partial charge in [0.1, 0.15) is 6.07 Å². The first kappa shape index (κ1) is 51.2. The van der Waals surface area contributed by atoms with Crippen LogP contribution < -0.4 is 9.80 Å². The van der Waals surface area contributed by atoms with Gasteiger partial charge in [-0.05, 0) is 161 Å². The first-order chi connectivity index (χ1) is 40.6. The van der Waals surface area contributed by atoms with Crippen LogP contribution in [-0.4, -0.2) is 8.41 Å². The van der Waals surface area contributed by atoms with Gasteiger partial charge in [0.25, 0.3) is 0 Å². The zero-order valence-electron chi connectivity index (χ0n) is 45.2. The summed E-state index contributed by atoms with van der Waals surface area (Å²) in [5.74, 6) is 0. The summed E-state index contributed by atoms with van der Waals surface area (Å²) in [6, 6.07) is 109. The lowest BCUT2D eigenvalue weighted by Gasteiger charge is -2.31. The number of nitrogens with zero attached hydrogens (tertiary/aromatic N) is 4. The molecule has 0 amide bonds. The SMILES string of the molecule is [B].[C-]#[N+]c1cc(-c2ccccc2)ccc1N(c1cc(-c2ccccc2)cc(-c2ccccc2)c1)c1ccc2ccc3c(N(c4cc(-c5ccccc5)cc(-c5ccccc5)c4)c4ccc(-c5ccccc5)cc4C#N)ccc4ccc1c2c43. The summed E-state index contributed by atoms with van der Waals surface area (Å²) in [6.07, 6.45) is 0. The van der Waals surface area contributed by atoms with Gasteiger partial charge in [0.2, 0.25) is 5.69 Å². The minimum Gasteiger partial charge on any atom is -0.320 e. The topological polar surface area (TPSA) is 34.6 Å². The Bertz CT molecular complexity index is 4330. The molecule has 0 N–H and O–H groups in total. The summed E-state index contributed by atoms with van der Waals surface area (Å²) in [6.45, 7) is 8.84. The van der Waals surface area contributed by atoms with Crippen LogP contribution >= 0.6 is 0 Å². The molecular formula is C78H50BN4. The second kappa shape index (κ2) is 22.1. The summed E-state index contributed by atoms with van der Waals surface area (Å²) in [5.41, 5.74) is 19.0. The van der Waals surface area contributed by atoms with Gasteiger partial charge in [-0.1, -0.05) is 231 Å². The number of benzene rings is 14. The van der Waals surface area contributed by atoms with Gasteiger partial charge < -0.3 is 9.80 Å². The fraction of sp³-hybridized carbons (Fsp3) is 0. The molecule has 0 aliphatic rings. The summed E-state index contributed by atoms with van der Waals surface area (Å²) in [4.78, 5) is 8.90. The average Bonchev–Trinajstić information content (AvgIpc) is 2.90. The first-order valence-electron chi connectivity index (χ1n) is 27.6. The maximum absolute atomic E-state index is 11.3. The van der Waals surface area contributed by atoms with Crippen molar-refractivity contribution >= 4 is 80.5 Å². The van der Waals surface area contributed by atoms with Crippen molar-refractivity contribution in [1.29, 1.82) is 5.26 Å². The Morgan fingerprint density at radius 3 is 0.964 bits per heavy atom. The van der Waals surface area contributed by atoms with Crippen LogP contribution in [0.25, 0.3) is 104 Å². The van der Waals surface area contributed by atoms with E-state index in [1.165, 1.54) is 0 Å². The second-order valence-corrected chi connectivity index (χ2v) is 20.7. The molecule has 0 aromatic heterocycles. The fourth-order valence-corrected chi connectivity index (χ4v) is 11.9. The van der Waals surface area contributed by atoms with E-state index in [1.54, 1.807) is 0 Å². The van der Waals surface area contributed by atoms with Crippen LogP contribution in [0.5, 0.6) is 0 Å². The molecule has 0 saturated heterocycles. The summed E-state index contributed by atoms with van der Waals surface area (Å²) < 4.78 is 0. The third kappa shape index (κ3) is 9.59. The van der Waals surface area contributed by atoms with E-state index in [4.69, 9.17) is 6.57 Å². The highest BCUT2D eigenvalue weighted by molar-refractivity contribution is 6.28. The Labute approximate surface area is 486 Å². The Morgan fingerprint density at radius 2 is 0.602 bits per heavy atom. The normalized spacial score (nSPS) is 11.0. The van der Waals surface area contributed by atoms with Crippen molar-refractivity contribution in [3.8, 4) is 72.8 Å². The summed E-state index contributed by atoms with van der Waals surface area (Å²) >= 11 is 0. The van der Waals surface area contributed by atoms with Gasteiger partial charge in [-0.3, -0.25) is 0 Å². The van der Waals surface area contributed by atoms with Crippen molar-refractivity contribution in [2.75, 3.05) is 9.80 Å². The number of hydrogen-bond acceptors (Lipinski definition) is 3. The minimum absolute atomic E-state index is 0. The van der Waals surface area contributed by atoms with Crippen molar-refractivity contribution in [3.63, 3.8) is 0 Å². The van der Waals surface area contributed by atoms with Crippen LogP contribution in [0.2, 0.25) is 0 Å². The van der Waals surface area contributed by atoms with E-state index < -0.39 is 0 Å². The summed E-state index contributed by atoms with van der Waals surface area (Å²) in [7, 11) is 0. The van der Waals surface area contributed by atoms with E-state index in [1.807, 2.05) is 48.5 Å². The Hall–Kier alpha value is -11.2. The number of nitriles is 1. The molecule has 0 aliphatic heterocycles. The van der Waals surface area contributed by atoms with Crippen molar-refractivity contribution in [1.82, 2.24) is 0 Å². The minimum atomic E-state index is 0. The molecule has 0 aliphatic carbocycles. The quantitative estimate of drug-likeness (QED) is 0.0695. The van der Waals surface area contributed by atoms with Crippen molar-refractivity contribution in [3.05, 3.63) is 320 Å². The van der Waals surface area contributed by atoms with Gasteiger partial charge in [-0.15, -0.1) is 0 Å². The molecular weight excluding hydrogens is 1000 g/mol. The van der Waals surface area contributed by atoms with Crippen LogP contribution in [0, 0.1) is 17.9 Å². The molecule has 14 aromatic carbocycles. The molecule has 0 saturated carbocycles. The average molecular weight is 1050 g/mol. The summed E-state index contributed by atoms with van der Waals surface area (Å²) in [5, 5.41) is 17.7. The van der Waals surface area contributed by atoms with Crippen LogP contribution in [0.15, 0.2) is 303 Å². The zero-order valence-corrected chi connectivity index (χ0v) is 45.2. The van der Waals surface area contributed by atoms with E-state index in [9.17, 15) is 5.26 Å². The second-order valence-electron chi connectivity index (χ2n) is 20.7. The molecule has 0 bridgehead atoms. The number of rotatable bonds is 12. The molecule has 0 fully saturated rings. The fourth-order valence-electron chi connectivity index (χ4n) is 11.9. The standard InChI is InChI=1S/C78H50N4.B/c1-80-72-51-62(54-22-10-3-11-23-54)37-43-76(72)82(69-49-65(57-28-16-6-17-29-57)46-66(50-69)58-30-18-7-19-31-58)75-42-35-60-32-38-70-74(41-34-59-33-39-71(75)78(60)77(59)70)81(73-40-36-61(44-67(73)52-79)53-20-8-2-9-21-53)68-47-63(55-24-12-4-13-25-55)45-64(48-68)56-26-14-5-15-27-56;/h2-51H;. The van der Waals surface area contributed by atoms with Crippen molar-refractivity contribution in [2.24, 2.45) is 0 Å². The monoisotopic (exact) mass is 1050 g/mol.